The number of alkyl halides is 1. The van der Waals surface area contributed by atoms with Crippen LogP contribution in [-0.2, 0) is 0 Å². The number of halogens is 1. The van der Waals surface area contributed by atoms with Crippen molar-refractivity contribution in [3.05, 3.63) is 24.4 Å². The molecule has 0 radical (unpaired) electrons. The predicted octanol–water partition coefficient (Wildman–Crippen LogP) is 3.29. The molecule has 0 fully saturated rings. The summed E-state index contributed by atoms with van der Waals surface area (Å²) in [7, 11) is 3.24. The first-order valence-corrected chi connectivity index (χ1v) is 6.56. The van der Waals surface area contributed by atoms with Gasteiger partial charge in [0.2, 0.25) is 0 Å². The maximum absolute atomic E-state index is 5.82. The van der Waals surface area contributed by atoms with E-state index in [-0.39, 0.29) is 6.04 Å². The Kier molecular flexibility index (Phi) is 4.32. The molecule has 1 heterocycles. The van der Waals surface area contributed by atoms with Gasteiger partial charge in [-0.1, -0.05) is 0 Å². The molecule has 0 aliphatic heterocycles. The molecule has 4 nitrogen and oxygen atoms in total. The van der Waals surface area contributed by atoms with E-state index in [1.165, 1.54) is 0 Å². The summed E-state index contributed by atoms with van der Waals surface area (Å²) in [6.07, 6.45) is 1.76. The molecule has 0 amide bonds. The molecule has 0 saturated carbocycles. The highest BCUT2D eigenvalue weighted by molar-refractivity contribution is 6.18. The van der Waals surface area contributed by atoms with Gasteiger partial charge in [0.25, 0.3) is 0 Å². The fourth-order valence-electron chi connectivity index (χ4n) is 1.89. The van der Waals surface area contributed by atoms with Crippen molar-refractivity contribution < 1.29 is 9.47 Å². The molecule has 1 unspecified atom stereocenters. The number of rotatable bonds is 5. The molecule has 5 heteroatoms. The quantitative estimate of drug-likeness (QED) is 0.854. The number of nitrogens with one attached hydrogen (secondary N) is 1. The van der Waals surface area contributed by atoms with Crippen LogP contribution in [-0.4, -0.2) is 31.1 Å². The smallest absolute Gasteiger partial charge is 0.161 e. The van der Waals surface area contributed by atoms with Gasteiger partial charge in [-0.05, 0) is 30.5 Å². The van der Waals surface area contributed by atoms with Crippen LogP contribution in [0.3, 0.4) is 0 Å². The van der Waals surface area contributed by atoms with Crippen molar-refractivity contribution in [3.8, 4) is 11.5 Å². The maximum atomic E-state index is 5.82. The summed E-state index contributed by atoms with van der Waals surface area (Å²) in [5.74, 6) is 2.71. The Bertz CT molecular complexity index is 575. The number of anilines is 1. The molecule has 0 aliphatic carbocycles. The van der Waals surface area contributed by atoms with Crippen molar-refractivity contribution >= 4 is 28.2 Å². The third-order valence-corrected chi connectivity index (χ3v) is 3.35. The molecule has 1 aromatic heterocycles. The van der Waals surface area contributed by atoms with Gasteiger partial charge in [0, 0.05) is 23.5 Å². The Balaban J connectivity index is 2.54. The van der Waals surface area contributed by atoms with E-state index in [1.807, 2.05) is 25.1 Å². The summed E-state index contributed by atoms with van der Waals surface area (Å²) in [6.45, 7) is 2.01. The van der Waals surface area contributed by atoms with Gasteiger partial charge >= 0.3 is 0 Å². The van der Waals surface area contributed by atoms with E-state index in [2.05, 4.69) is 10.3 Å². The number of pyridine rings is 1. The largest absolute Gasteiger partial charge is 0.493 e. The molecule has 1 aromatic carbocycles. The second-order valence-corrected chi connectivity index (χ2v) is 4.60. The van der Waals surface area contributed by atoms with E-state index in [9.17, 15) is 0 Å². The van der Waals surface area contributed by atoms with Crippen molar-refractivity contribution in [2.75, 3.05) is 25.4 Å². The number of ether oxygens (including phenoxy) is 2. The van der Waals surface area contributed by atoms with Crippen LogP contribution in [0.1, 0.15) is 6.92 Å². The van der Waals surface area contributed by atoms with E-state index in [4.69, 9.17) is 21.1 Å². The van der Waals surface area contributed by atoms with Crippen molar-refractivity contribution in [1.29, 1.82) is 0 Å². The standard InChI is InChI=1S/C14H17ClN2O2/c1-9(8-15)17-14-11-7-13(19-3)12(18-2)6-10(11)4-5-16-14/h4-7,9H,8H2,1-3H3,(H,16,17). The Morgan fingerprint density at radius 3 is 2.58 bits per heavy atom. The first-order chi connectivity index (χ1) is 9.19. The highest BCUT2D eigenvalue weighted by Crippen LogP contribution is 2.34. The highest BCUT2D eigenvalue weighted by atomic mass is 35.5. The first kappa shape index (κ1) is 13.7. The maximum Gasteiger partial charge on any atom is 0.161 e. The lowest BCUT2D eigenvalue weighted by atomic mass is 10.1. The van der Waals surface area contributed by atoms with Gasteiger partial charge in [0.1, 0.15) is 5.82 Å². The second kappa shape index (κ2) is 5.97. The zero-order chi connectivity index (χ0) is 13.8. The average molecular weight is 281 g/mol. The summed E-state index contributed by atoms with van der Waals surface area (Å²) in [4.78, 5) is 4.36. The minimum absolute atomic E-state index is 0.146. The Morgan fingerprint density at radius 2 is 1.95 bits per heavy atom. The topological polar surface area (TPSA) is 43.4 Å². The van der Waals surface area contributed by atoms with E-state index in [0.717, 1.165) is 16.6 Å². The summed E-state index contributed by atoms with van der Waals surface area (Å²) >= 11 is 5.82. The number of fused-ring (bicyclic) bond motifs is 1. The van der Waals surface area contributed by atoms with Crippen LogP contribution in [0.25, 0.3) is 10.8 Å². The number of hydrogen-bond acceptors (Lipinski definition) is 4. The lowest BCUT2D eigenvalue weighted by molar-refractivity contribution is 0.356. The summed E-state index contributed by atoms with van der Waals surface area (Å²) in [6, 6.07) is 5.94. The first-order valence-electron chi connectivity index (χ1n) is 6.02. The van der Waals surface area contributed by atoms with E-state index in [0.29, 0.717) is 17.4 Å². The van der Waals surface area contributed by atoms with E-state index < -0.39 is 0 Å². The monoisotopic (exact) mass is 280 g/mol. The molecule has 0 aliphatic rings. The highest BCUT2D eigenvalue weighted by Gasteiger charge is 2.10. The molecule has 0 bridgehead atoms. The normalized spacial score (nSPS) is 12.2. The van der Waals surface area contributed by atoms with Crippen LogP contribution in [0, 0.1) is 0 Å². The molecule has 19 heavy (non-hydrogen) atoms. The van der Waals surface area contributed by atoms with E-state index in [1.54, 1.807) is 20.4 Å². The Hall–Kier alpha value is -1.68. The molecule has 2 rings (SSSR count). The van der Waals surface area contributed by atoms with Crippen molar-refractivity contribution in [3.63, 3.8) is 0 Å². The molecule has 1 N–H and O–H groups in total. The van der Waals surface area contributed by atoms with Gasteiger partial charge < -0.3 is 14.8 Å². The van der Waals surface area contributed by atoms with Crippen LogP contribution < -0.4 is 14.8 Å². The summed E-state index contributed by atoms with van der Waals surface area (Å²) in [5, 5.41) is 5.31. The fraction of sp³-hybridized carbons (Fsp3) is 0.357. The number of methoxy groups -OCH3 is 2. The lowest BCUT2D eigenvalue weighted by Gasteiger charge is -2.15. The van der Waals surface area contributed by atoms with Gasteiger partial charge in [-0.15, -0.1) is 11.6 Å². The number of hydrogen-bond donors (Lipinski definition) is 1. The van der Waals surface area contributed by atoms with Crippen LogP contribution in [0.15, 0.2) is 24.4 Å². The molecular weight excluding hydrogens is 264 g/mol. The van der Waals surface area contributed by atoms with E-state index >= 15 is 0 Å². The van der Waals surface area contributed by atoms with Gasteiger partial charge in [0.05, 0.1) is 14.2 Å². The predicted molar refractivity (Wildman–Crippen MR) is 78.7 cm³/mol. The molecule has 2 aromatic rings. The molecular formula is C14H17ClN2O2. The third kappa shape index (κ3) is 2.84. The Morgan fingerprint density at radius 1 is 1.26 bits per heavy atom. The van der Waals surface area contributed by atoms with Crippen molar-refractivity contribution in [2.45, 2.75) is 13.0 Å². The minimum atomic E-state index is 0.146. The second-order valence-electron chi connectivity index (χ2n) is 4.29. The molecule has 0 spiro atoms. The number of benzene rings is 1. The molecule has 1 atom stereocenters. The summed E-state index contributed by atoms with van der Waals surface area (Å²) < 4.78 is 10.6. The van der Waals surface area contributed by atoms with Gasteiger partial charge in [-0.25, -0.2) is 4.98 Å². The van der Waals surface area contributed by atoms with Crippen LogP contribution >= 0.6 is 11.6 Å². The average Bonchev–Trinajstić information content (AvgIpc) is 2.45. The van der Waals surface area contributed by atoms with Crippen LogP contribution in [0.2, 0.25) is 0 Å². The minimum Gasteiger partial charge on any atom is -0.493 e. The number of nitrogens with zero attached hydrogens (tertiary/aromatic N) is 1. The van der Waals surface area contributed by atoms with Gasteiger partial charge in [0.15, 0.2) is 11.5 Å². The lowest BCUT2D eigenvalue weighted by Crippen LogP contribution is -2.17. The third-order valence-electron chi connectivity index (χ3n) is 2.88. The molecule has 0 saturated heterocycles. The molecule has 102 valence electrons. The van der Waals surface area contributed by atoms with Gasteiger partial charge in [-0.3, -0.25) is 0 Å². The van der Waals surface area contributed by atoms with Crippen LogP contribution in [0.4, 0.5) is 5.82 Å². The van der Waals surface area contributed by atoms with Gasteiger partial charge in [-0.2, -0.15) is 0 Å². The Labute approximate surface area is 117 Å². The zero-order valence-electron chi connectivity index (χ0n) is 11.2. The van der Waals surface area contributed by atoms with Crippen LogP contribution in [0.5, 0.6) is 11.5 Å². The fourth-order valence-corrected chi connectivity index (χ4v) is 1.96. The zero-order valence-corrected chi connectivity index (χ0v) is 12.0. The number of aromatic nitrogens is 1. The summed E-state index contributed by atoms with van der Waals surface area (Å²) in [5.41, 5.74) is 0. The van der Waals surface area contributed by atoms with Crippen molar-refractivity contribution in [2.24, 2.45) is 0 Å². The van der Waals surface area contributed by atoms with Crippen molar-refractivity contribution in [1.82, 2.24) is 4.98 Å². The SMILES string of the molecule is COc1cc2ccnc(NC(C)CCl)c2cc1OC.